The van der Waals surface area contributed by atoms with Gasteiger partial charge in [0.2, 0.25) is 10.0 Å². The Kier molecular flexibility index (Phi) is 4.58. The molecule has 1 aromatic heterocycles. The van der Waals surface area contributed by atoms with Gasteiger partial charge in [0.15, 0.2) is 0 Å². The highest BCUT2D eigenvalue weighted by atomic mass is 32.2. The Hall–Kier alpha value is -0.940. The van der Waals surface area contributed by atoms with E-state index < -0.39 is 10.0 Å². The molecule has 0 aromatic carbocycles. The summed E-state index contributed by atoms with van der Waals surface area (Å²) < 4.78 is 26.1. The molecule has 0 spiro atoms. The molecule has 0 amide bonds. The van der Waals surface area contributed by atoms with E-state index in [2.05, 4.69) is 11.1 Å². The van der Waals surface area contributed by atoms with Crippen LogP contribution in [-0.2, 0) is 16.4 Å². The highest BCUT2D eigenvalue weighted by molar-refractivity contribution is 7.89. The second-order valence-corrected chi connectivity index (χ2v) is 8.01. The fourth-order valence-electron chi connectivity index (χ4n) is 2.57. The van der Waals surface area contributed by atoms with E-state index in [0.717, 1.165) is 19.3 Å². The van der Waals surface area contributed by atoms with Crippen molar-refractivity contribution in [2.75, 3.05) is 13.1 Å². The molecule has 1 saturated heterocycles. The fraction of sp³-hybridized carbons (Fsp3) is 0.643. The molecule has 1 aromatic rings. The molecule has 2 heterocycles. The minimum atomic E-state index is -3.11. The maximum absolute atomic E-state index is 12.2. The summed E-state index contributed by atoms with van der Waals surface area (Å²) in [5.41, 5.74) is 1.19. The van der Waals surface area contributed by atoms with E-state index in [9.17, 15) is 8.42 Å². The van der Waals surface area contributed by atoms with Gasteiger partial charge in [-0.2, -0.15) is 0 Å². The number of hydrogen-bond donors (Lipinski definition) is 0. The van der Waals surface area contributed by atoms with Crippen LogP contribution in [0.4, 0.5) is 0 Å². The third-order valence-corrected chi connectivity index (χ3v) is 5.93. The van der Waals surface area contributed by atoms with Gasteiger partial charge in [-0.15, -0.1) is 0 Å². The van der Waals surface area contributed by atoms with Gasteiger partial charge >= 0.3 is 0 Å². The Labute approximate surface area is 115 Å². The quantitative estimate of drug-likeness (QED) is 0.849. The Morgan fingerprint density at radius 1 is 1.47 bits per heavy atom. The summed E-state index contributed by atoms with van der Waals surface area (Å²) in [5, 5.41) is -0.329. The maximum Gasteiger partial charge on any atom is 0.216 e. The molecular formula is C14H22N2O2S. The van der Waals surface area contributed by atoms with Crippen LogP contribution in [-0.4, -0.2) is 36.0 Å². The van der Waals surface area contributed by atoms with Crippen LogP contribution in [0.5, 0.6) is 0 Å². The van der Waals surface area contributed by atoms with Gasteiger partial charge < -0.3 is 0 Å². The number of hydrogen-bond acceptors (Lipinski definition) is 3. The molecular weight excluding hydrogens is 260 g/mol. The Balaban J connectivity index is 2.02. The molecule has 1 aliphatic heterocycles. The van der Waals surface area contributed by atoms with E-state index in [0.29, 0.717) is 19.0 Å². The highest BCUT2D eigenvalue weighted by Crippen LogP contribution is 2.24. The smallest absolute Gasteiger partial charge is 0.216 e. The first-order chi connectivity index (χ1) is 9.00. The zero-order valence-corrected chi connectivity index (χ0v) is 12.4. The number of aromatic nitrogens is 1. The lowest BCUT2D eigenvalue weighted by atomic mass is 9.93. The van der Waals surface area contributed by atoms with E-state index >= 15 is 0 Å². The number of rotatable bonds is 4. The lowest BCUT2D eigenvalue weighted by Crippen LogP contribution is -2.43. The van der Waals surface area contributed by atoms with Gasteiger partial charge in [-0.25, -0.2) is 12.7 Å². The number of pyridine rings is 1. The minimum Gasteiger partial charge on any atom is -0.264 e. The first kappa shape index (κ1) is 14.5. The minimum absolute atomic E-state index is 0.329. The van der Waals surface area contributed by atoms with Crippen molar-refractivity contribution in [2.45, 2.75) is 38.4 Å². The molecule has 0 aliphatic carbocycles. The molecule has 5 heteroatoms. The second kappa shape index (κ2) is 6.01. The first-order valence-electron chi connectivity index (χ1n) is 6.88. The van der Waals surface area contributed by atoms with Gasteiger partial charge in [-0.3, -0.25) is 4.98 Å². The topological polar surface area (TPSA) is 50.3 Å². The van der Waals surface area contributed by atoms with Crippen molar-refractivity contribution in [1.29, 1.82) is 0 Å². The molecule has 19 heavy (non-hydrogen) atoms. The second-order valence-electron chi connectivity index (χ2n) is 5.53. The molecule has 4 nitrogen and oxygen atoms in total. The number of sulfonamides is 1. The van der Waals surface area contributed by atoms with Crippen molar-refractivity contribution >= 4 is 10.0 Å². The van der Waals surface area contributed by atoms with E-state index in [1.54, 1.807) is 24.3 Å². The van der Waals surface area contributed by atoms with E-state index in [1.165, 1.54) is 5.56 Å². The molecule has 0 unspecified atom stereocenters. The number of piperidine rings is 1. The van der Waals surface area contributed by atoms with E-state index in [-0.39, 0.29) is 5.25 Å². The van der Waals surface area contributed by atoms with Crippen LogP contribution in [0.2, 0.25) is 0 Å². The highest BCUT2D eigenvalue weighted by Gasteiger charge is 2.30. The van der Waals surface area contributed by atoms with Crippen LogP contribution < -0.4 is 0 Å². The monoisotopic (exact) mass is 282 g/mol. The molecule has 2 rings (SSSR count). The summed E-state index contributed by atoms with van der Waals surface area (Å²) in [7, 11) is -3.11. The van der Waals surface area contributed by atoms with Crippen molar-refractivity contribution in [3.05, 3.63) is 30.1 Å². The van der Waals surface area contributed by atoms with Gasteiger partial charge in [-0.05, 0) is 50.7 Å². The Morgan fingerprint density at radius 3 is 2.89 bits per heavy atom. The normalized spacial score (nSPS) is 21.7. The van der Waals surface area contributed by atoms with E-state index in [1.807, 2.05) is 12.3 Å². The van der Waals surface area contributed by atoms with Crippen molar-refractivity contribution in [3.8, 4) is 0 Å². The predicted molar refractivity (Wildman–Crippen MR) is 76.3 cm³/mol. The van der Waals surface area contributed by atoms with Crippen molar-refractivity contribution in [1.82, 2.24) is 9.29 Å². The van der Waals surface area contributed by atoms with Crippen LogP contribution in [0.1, 0.15) is 32.3 Å². The summed E-state index contributed by atoms with van der Waals surface area (Å²) >= 11 is 0. The van der Waals surface area contributed by atoms with Crippen LogP contribution in [0, 0.1) is 5.92 Å². The summed E-state index contributed by atoms with van der Waals surface area (Å²) in [4.78, 5) is 4.11. The SMILES string of the molecule is CC(C)S(=O)(=O)N1CCC[C@@H](Cc2cccnc2)C1. The molecule has 1 aliphatic rings. The van der Waals surface area contributed by atoms with Crippen molar-refractivity contribution in [3.63, 3.8) is 0 Å². The lowest BCUT2D eigenvalue weighted by molar-refractivity contribution is 0.264. The molecule has 0 N–H and O–H groups in total. The molecule has 0 radical (unpaired) electrons. The van der Waals surface area contributed by atoms with Gasteiger partial charge in [-0.1, -0.05) is 6.07 Å². The van der Waals surface area contributed by atoms with Gasteiger partial charge in [0.1, 0.15) is 0 Å². The zero-order valence-electron chi connectivity index (χ0n) is 11.6. The summed E-state index contributed by atoms with van der Waals surface area (Å²) in [5.74, 6) is 0.409. The van der Waals surface area contributed by atoms with Crippen LogP contribution in [0.15, 0.2) is 24.5 Å². The van der Waals surface area contributed by atoms with E-state index in [4.69, 9.17) is 0 Å². The van der Waals surface area contributed by atoms with Crippen LogP contribution in [0.3, 0.4) is 0 Å². The van der Waals surface area contributed by atoms with Gasteiger partial charge in [0.05, 0.1) is 5.25 Å². The fourth-order valence-corrected chi connectivity index (χ4v) is 3.97. The standard InChI is InChI=1S/C14H22N2O2S/c1-12(2)19(17,18)16-8-4-6-14(11-16)9-13-5-3-7-15-10-13/h3,5,7,10,12,14H,4,6,8-9,11H2,1-2H3/t14-/m0/s1. The van der Waals surface area contributed by atoms with Crippen LogP contribution >= 0.6 is 0 Å². The van der Waals surface area contributed by atoms with Crippen molar-refractivity contribution in [2.24, 2.45) is 5.92 Å². The lowest BCUT2D eigenvalue weighted by Gasteiger charge is -2.33. The van der Waals surface area contributed by atoms with Gasteiger partial charge in [0, 0.05) is 25.5 Å². The third-order valence-electron chi connectivity index (χ3n) is 3.68. The van der Waals surface area contributed by atoms with Gasteiger partial charge in [0.25, 0.3) is 0 Å². The third kappa shape index (κ3) is 3.54. The average Bonchev–Trinajstić information content (AvgIpc) is 2.40. The van der Waals surface area contributed by atoms with Crippen molar-refractivity contribution < 1.29 is 8.42 Å². The molecule has 0 saturated carbocycles. The summed E-state index contributed by atoms with van der Waals surface area (Å²) in [6.45, 7) is 4.82. The molecule has 106 valence electrons. The maximum atomic E-state index is 12.2. The first-order valence-corrected chi connectivity index (χ1v) is 8.38. The average molecular weight is 282 g/mol. The van der Waals surface area contributed by atoms with Crippen LogP contribution in [0.25, 0.3) is 0 Å². The molecule has 1 atom stereocenters. The number of nitrogens with zero attached hydrogens (tertiary/aromatic N) is 2. The Bertz CT molecular complexity index is 499. The zero-order chi connectivity index (χ0) is 13.9. The summed E-state index contributed by atoms with van der Waals surface area (Å²) in [6.07, 6.45) is 6.60. The molecule has 0 bridgehead atoms. The summed E-state index contributed by atoms with van der Waals surface area (Å²) in [6, 6.07) is 3.99. The molecule has 1 fully saturated rings. The Morgan fingerprint density at radius 2 is 2.26 bits per heavy atom. The predicted octanol–water partition coefficient (Wildman–Crippen LogP) is 2.07. The largest absolute Gasteiger partial charge is 0.264 e.